The Bertz CT molecular complexity index is 559. The predicted molar refractivity (Wildman–Crippen MR) is 78.3 cm³/mol. The number of nitrogens with zero attached hydrogens (tertiary/aromatic N) is 2. The fraction of sp³-hybridized carbons (Fsp3) is 0.533. The fourth-order valence-corrected chi connectivity index (χ4v) is 2.85. The Morgan fingerprint density at radius 1 is 1.43 bits per heavy atom. The summed E-state index contributed by atoms with van der Waals surface area (Å²) in [4.78, 5) is 23.9. The lowest BCUT2D eigenvalue weighted by Crippen LogP contribution is -2.38. The molecule has 114 valence electrons. The Balaban J connectivity index is 2.26. The summed E-state index contributed by atoms with van der Waals surface area (Å²) in [6.07, 6.45) is 1.07. The zero-order chi connectivity index (χ0) is 15.6. The van der Waals surface area contributed by atoms with Crippen LogP contribution in [0.25, 0.3) is 0 Å². The van der Waals surface area contributed by atoms with Crippen molar-refractivity contribution in [2.75, 3.05) is 13.1 Å². The van der Waals surface area contributed by atoms with Crippen LogP contribution in [0, 0.1) is 22.0 Å². The maximum absolute atomic E-state index is 11.4. The highest BCUT2D eigenvalue weighted by molar-refractivity contribution is 5.94. The first-order valence-electron chi connectivity index (χ1n) is 7.12. The monoisotopic (exact) mass is 292 g/mol. The Hall–Kier alpha value is -1.95. The van der Waals surface area contributed by atoms with Crippen LogP contribution in [0.5, 0.6) is 0 Å². The average Bonchev–Trinajstić information content (AvgIpc) is 2.42. The fourth-order valence-electron chi connectivity index (χ4n) is 2.85. The van der Waals surface area contributed by atoms with E-state index in [1.54, 1.807) is 12.1 Å². The minimum atomic E-state index is -1.24. The Morgan fingerprint density at radius 2 is 2.14 bits per heavy atom. The number of nitro groups is 1. The van der Waals surface area contributed by atoms with Gasteiger partial charge in [-0.2, -0.15) is 0 Å². The van der Waals surface area contributed by atoms with Crippen molar-refractivity contribution in [2.24, 2.45) is 11.8 Å². The van der Waals surface area contributed by atoms with E-state index >= 15 is 0 Å². The molecule has 6 heteroatoms. The number of hydrogen-bond acceptors (Lipinski definition) is 4. The lowest BCUT2D eigenvalue weighted by molar-refractivity contribution is -0.385. The van der Waals surface area contributed by atoms with Gasteiger partial charge in [-0.1, -0.05) is 26.0 Å². The number of nitro benzene ring substituents is 1. The number of benzene rings is 1. The lowest BCUT2D eigenvalue weighted by Gasteiger charge is -2.35. The van der Waals surface area contributed by atoms with Crippen LogP contribution >= 0.6 is 0 Å². The van der Waals surface area contributed by atoms with Crippen molar-refractivity contribution in [3.8, 4) is 0 Å². The van der Waals surface area contributed by atoms with Crippen molar-refractivity contribution < 1.29 is 14.8 Å². The minimum Gasteiger partial charge on any atom is -0.477 e. The van der Waals surface area contributed by atoms with E-state index < -0.39 is 10.9 Å². The molecule has 0 radical (unpaired) electrons. The first kappa shape index (κ1) is 15.4. The quantitative estimate of drug-likeness (QED) is 0.681. The molecule has 1 saturated heterocycles. The Labute approximate surface area is 123 Å². The molecule has 0 saturated carbocycles. The number of piperidine rings is 1. The molecule has 1 heterocycles. The normalized spacial score (nSPS) is 23.0. The number of carboxylic acids is 1. The standard InChI is InChI=1S/C15H20N2O4/c1-10-6-7-16(8-11(10)2)9-12-4-3-5-13(17(20)21)14(12)15(18)19/h3-5,10-11H,6-9H2,1-2H3,(H,18,19). The van der Waals surface area contributed by atoms with Crippen molar-refractivity contribution in [1.82, 2.24) is 4.90 Å². The van der Waals surface area contributed by atoms with E-state index in [2.05, 4.69) is 18.7 Å². The SMILES string of the molecule is CC1CCN(Cc2cccc([N+](=O)[O-])c2C(=O)O)CC1C. The van der Waals surface area contributed by atoms with Gasteiger partial charge in [0, 0.05) is 19.2 Å². The van der Waals surface area contributed by atoms with Gasteiger partial charge in [0.05, 0.1) is 4.92 Å². The van der Waals surface area contributed by atoms with Crippen molar-refractivity contribution in [3.63, 3.8) is 0 Å². The number of hydrogen-bond donors (Lipinski definition) is 1. The van der Waals surface area contributed by atoms with Gasteiger partial charge < -0.3 is 5.11 Å². The molecule has 6 nitrogen and oxygen atoms in total. The van der Waals surface area contributed by atoms with Crippen LogP contribution in [0.1, 0.15) is 36.2 Å². The van der Waals surface area contributed by atoms with Crippen LogP contribution in [-0.4, -0.2) is 34.0 Å². The number of carbonyl (C=O) groups is 1. The molecule has 2 unspecified atom stereocenters. The Morgan fingerprint density at radius 3 is 2.71 bits per heavy atom. The number of carboxylic acid groups (broad SMARTS) is 1. The van der Waals surface area contributed by atoms with E-state index in [1.807, 2.05) is 0 Å². The van der Waals surface area contributed by atoms with Crippen molar-refractivity contribution in [2.45, 2.75) is 26.8 Å². The number of likely N-dealkylation sites (tertiary alicyclic amines) is 1. The maximum Gasteiger partial charge on any atom is 0.343 e. The number of aromatic carboxylic acids is 1. The van der Waals surface area contributed by atoms with Gasteiger partial charge in [0.1, 0.15) is 5.56 Å². The maximum atomic E-state index is 11.4. The highest BCUT2D eigenvalue weighted by atomic mass is 16.6. The van der Waals surface area contributed by atoms with Crippen LogP contribution < -0.4 is 0 Å². The first-order chi connectivity index (χ1) is 9.90. The molecule has 1 fully saturated rings. The van der Waals surface area contributed by atoms with Crippen molar-refractivity contribution >= 4 is 11.7 Å². The molecule has 1 aliphatic heterocycles. The molecule has 1 N–H and O–H groups in total. The smallest absolute Gasteiger partial charge is 0.343 e. The molecule has 0 amide bonds. The van der Waals surface area contributed by atoms with Crippen molar-refractivity contribution in [3.05, 3.63) is 39.4 Å². The third-order valence-electron chi connectivity index (χ3n) is 4.35. The van der Waals surface area contributed by atoms with Crippen LogP contribution in [0.2, 0.25) is 0 Å². The van der Waals surface area contributed by atoms with Crippen LogP contribution in [0.4, 0.5) is 5.69 Å². The van der Waals surface area contributed by atoms with Gasteiger partial charge >= 0.3 is 5.97 Å². The molecular weight excluding hydrogens is 272 g/mol. The van der Waals surface area contributed by atoms with Gasteiger partial charge in [-0.25, -0.2) is 4.79 Å². The van der Waals surface area contributed by atoms with E-state index in [4.69, 9.17) is 0 Å². The van der Waals surface area contributed by atoms with E-state index in [0.717, 1.165) is 19.5 Å². The molecule has 1 aromatic carbocycles. The third-order valence-corrected chi connectivity index (χ3v) is 4.35. The summed E-state index contributed by atoms with van der Waals surface area (Å²) < 4.78 is 0. The average molecular weight is 292 g/mol. The molecule has 2 rings (SSSR count). The highest BCUT2D eigenvalue weighted by Crippen LogP contribution is 2.27. The first-order valence-corrected chi connectivity index (χ1v) is 7.12. The summed E-state index contributed by atoms with van der Waals surface area (Å²) in [5.74, 6) is -0.0354. The largest absolute Gasteiger partial charge is 0.477 e. The second-order valence-electron chi connectivity index (χ2n) is 5.85. The zero-order valence-electron chi connectivity index (χ0n) is 12.3. The van der Waals surface area contributed by atoms with E-state index in [0.29, 0.717) is 23.9 Å². The minimum absolute atomic E-state index is 0.186. The zero-order valence-corrected chi connectivity index (χ0v) is 12.3. The van der Waals surface area contributed by atoms with Crippen LogP contribution in [-0.2, 0) is 6.54 Å². The lowest BCUT2D eigenvalue weighted by atomic mass is 9.88. The van der Waals surface area contributed by atoms with E-state index in [1.165, 1.54) is 6.07 Å². The Kier molecular flexibility index (Phi) is 4.57. The predicted octanol–water partition coefficient (Wildman–Crippen LogP) is 2.77. The third kappa shape index (κ3) is 3.39. The summed E-state index contributed by atoms with van der Waals surface area (Å²) >= 11 is 0. The molecule has 1 aliphatic rings. The molecule has 0 aliphatic carbocycles. The molecule has 2 atom stereocenters. The second kappa shape index (κ2) is 6.22. The van der Waals surface area contributed by atoms with Gasteiger partial charge in [-0.15, -0.1) is 0 Å². The molecule has 0 spiro atoms. The summed E-state index contributed by atoms with van der Waals surface area (Å²) in [5, 5.41) is 20.3. The highest BCUT2D eigenvalue weighted by Gasteiger charge is 2.27. The summed E-state index contributed by atoms with van der Waals surface area (Å²) in [7, 11) is 0. The van der Waals surface area contributed by atoms with E-state index in [9.17, 15) is 20.0 Å². The summed E-state index contributed by atoms with van der Waals surface area (Å²) in [6.45, 7) is 6.64. The van der Waals surface area contributed by atoms with Crippen LogP contribution in [0.3, 0.4) is 0 Å². The van der Waals surface area contributed by atoms with Gasteiger partial charge in [-0.3, -0.25) is 15.0 Å². The topological polar surface area (TPSA) is 83.7 Å². The van der Waals surface area contributed by atoms with Gasteiger partial charge in [-0.05, 0) is 30.4 Å². The second-order valence-corrected chi connectivity index (χ2v) is 5.85. The molecule has 21 heavy (non-hydrogen) atoms. The molecule has 1 aromatic rings. The van der Waals surface area contributed by atoms with Crippen molar-refractivity contribution in [1.29, 1.82) is 0 Å². The molecule has 0 bridgehead atoms. The summed E-state index contributed by atoms with van der Waals surface area (Å²) in [6, 6.07) is 4.46. The van der Waals surface area contributed by atoms with Gasteiger partial charge in [0.25, 0.3) is 5.69 Å². The molecular formula is C15H20N2O4. The van der Waals surface area contributed by atoms with Gasteiger partial charge in [0.15, 0.2) is 0 Å². The van der Waals surface area contributed by atoms with Gasteiger partial charge in [0.2, 0.25) is 0 Å². The number of rotatable bonds is 4. The summed E-state index contributed by atoms with van der Waals surface area (Å²) in [5.41, 5.74) is -0.00865. The van der Waals surface area contributed by atoms with E-state index in [-0.39, 0.29) is 11.3 Å². The van der Waals surface area contributed by atoms with Crippen LogP contribution in [0.15, 0.2) is 18.2 Å². The molecule has 0 aromatic heterocycles.